The third-order valence-electron chi connectivity index (χ3n) is 4.66. The van der Waals surface area contributed by atoms with Gasteiger partial charge in [-0.25, -0.2) is 12.7 Å². The first-order valence-electron chi connectivity index (χ1n) is 7.71. The normalized spacial score (nSPS) is 19.9. The maximum Gasteiger partial charge on any atom is 0.268 e. The number of amides is 1. The molecule has 134 valence electrons. The summed E-state index contributed by atoms with van der Waals surface area (Å²) in [6, 6.07) is 4.48. The van der Waals surface area contributed by atoms with Crippen LogP contribution in [0.2, 0.25) is 0 Å². The smallest absolute Gasteiger partial charge is 0.268 e. The zero-order chi connectivity index (χ0) is 17.1. The molecule has 0 unspecified atom stereocenters. The third-order valence-corrected chi connectivity index (χ3v) is 6.56. The van der Waals surface area contributed by atoms with E-state index < -0.39 is 21.5 Å². The van der Waals surface area contributed by atoms with Crippen molar-refractivity contribution in [1.82, 2.24) is 14.4 Å². The van der Waals surface area contributed by atoms with Crippen LogP contribution in [-0.4, -0.2) is 35.3 Å². The number of halogens is 1. The van der Waals surface area contributed by atoms with Crippen molar-refractivity contribution in [1.29, 1.82) is 0 Å². The fourth-order valence-electron chi connectivity index (χ4n) is 3.05. The molecule has 2 aromatic rings. The van der Waals surface area contributed by atoms with Crippen LogP contribution in [0.3, 0.4) is 0 Å². The molecule has 1 aliphatic heterocycles. The van der Waals surface area contributed by atoms with Crippen LogP contribution in [0.15, 0.2) is 27.6 Å². The van der Waals surface area contributed by atoms with Gasteiger partial charge >= 0.3 is 0 Å². The predicted octanol–water partition coefficient (Wildman–Crippen LogP) is 1.66. The Morgan fingerprint density at radius 1 is 1.36 bits per heavy atom. The van der Waals surface area contributed by atoms with E-state index in [1.807, 2.05) is 0 Å². The Bertz CT molecular complexity index is 952. The lowest BCUT2D eigenvalue weighted by molar-refractivity contribution is 0.0876. The van der Waals surface area contributed by atoms with Gasteiger partial charge in [0.25, 0.3) is 21.8 Å². The second kappa shape index (κ2) is 5.79. The van der Waals surface area contributed by atoms with Crippen LogP contribution in [0.25, 0.3) is 11.5 Å². The number of rotatable bonds is 3. The van der Waals surface area contributed by atoms with E-state index in [1.165, 1.54) is 12.1 Å². The minimum absolute atomic E-state index is 0. The van der Waals surface area contributed by atoms with Crippen molar-refractivity contribution >= 4 is 28.3 Å². The molecule has 0 saturated heterocycles. The summed E-state index contributed by atoms with van der Waals surface area (Å²) in [6.45, 7) is 1.71. The van der Waals surface area contributed by atoms with Crippen molar-refractivity contribution in [2.75, 3.05) is 6.54 Å². The van der Waals surface area contributed by atoms with E-state index in [2.05, 4.69) is 10.1 Å². The summed E-state index contributed by atoms with van der Waals surface area (Å²) >= 11 is 0. The number of fused-ring (bicyclic) bond motifs is 1. The van der Waals surface area contributed by atoms with Gasteiger partial charge in [0, 0.05) is 12.1 Å². The highest BCUT2D eigenvalue weighted by atomic mass is 35.5. The maximum atomic E-state index is 12.4. The van der Waals surface area contributed by atoms with E-state index in [4.69, 9.17) is 10.3 Å². The minimum atomic E-state index is -3.82. The van der Waals surface area contributed by atoms with Crippen LogP contribution >= 0.6 is 12.4 Å². The van der Waals surface area contributed by atoms with Crippen LogP contribution < -0.4 is 5.73 Å². The fraction of sp³-hybridized carbons (Fsp3) is 0.400. The molecule has 1 aromatic heterocycles. The molecule has 2 aliphatic rings. The zero-order valence-electron chi connectivity index (χ0n) is 13.4. The molecule has 0 atom stereocenters. The molecule has 0 radical (unpaired) electrons. The number of carbonyl (C=O) groups excluding carboxylic acids is 1. The van der Waals surface area contributed by atoms with E-state index in [0.717, 1.165) is 23.6 Å². The molecule has 25 heavy (non-hydrogen) atoms. The molecule has 10 heteroatoms. The molecule has 2 heterocycles. The van der Waals surface area contributed by atoms with Gasteiger partial charge < -0.3 is 10.3 Å². The Balaban J connectivity index is 0.00000182. The van der Waals surface area contributed by atoms with E-state index in [0.29, 0.717) is 11.4 Å². The molecule has 1 saturated carbocycles. The lowest BCUT2D eigenvalue weighted by Gasteiger charge is -2.34. The van der Waals surface area contributed by atoms with E-state index in [-0.39, 0.29) is 35.3 Å². The highest BCUT2D eigenvalue weighted by molar-refractivity contribution is 7.90. The Morgan fingerprint density at radius 2 is 2.08 bits per heavy atom. The van der Waals surface area contributed by atoms with Crippen LogP contribution in [0.1, 0.15) is 42.4 Å². The molecule has 2 N–H and O–H groups in total. The second-order valence-corrected chi connectivity index (χ2v) is 7.95. The van der Waals surface area contributed by atoms with Gasteiger partial charge in [-0.15, -0.1) is 12.4 Å². The number of aromatic nitrogens is 2. The van der Waals surface area contributed by atoms with Crippen molar-refractivity contribution in [3.8, 4) is 11.5 Å². The molecule has 1 aliphatic carbocycles. The first-order valence-corrected chi connectivity index (χ1v) is 9.15. The second-order valence-electron chi connectivity index (χ2n) is 6.12. The molecule has 1 aromatic carbocycles. The highest BCUT2D eigenvalue weighted by Crippen LogP contribution is 2.38. The van der Waals surface area contributed by atoms with E-state index in [9.17, 15) is 13.2 Å². The van der Waals surface area contributed by atoms with Crippen LogP contribution in [0.4, 0.5) is 0 Å². The number of hydrogen-bond acceptors (Lipinski definition) is 7. The van der Waals surface area contributed by atoms with Crippen molar-refractivity contribution < 1.29 is 17.7 Å². The summed E-state index contributed by atoms with van der Waals surface area (Å²) in [7, 11) is -3.82. The Kier molecular flexibility index (Phi) is 4.13. The lowest BCUT2D eigenvalue weighted by Crippen LogP contribution is -2.44. The van der Waals surface area contributed by atoms with Gasteiger partial charge in [0.05, 0.1) is 11.1 Å². The van der Waals surface area contributed by atoms with Crippen LogP contribution in [0, 0.1) is 0 Å². The van der Waals surface area contributed by atoms with Gasteiger partial charge in [0.1, 0.15) is 4.90 Å². The minimum Gasteiger partial charge on any atom is -0.334 e. The number of nitrogens with zero attached hydrogens (tertiary/aromatic N) is 3. The van der Waals surface area contributed by atoms with Crippen LogP contribution in [0.5, 0.6) is 0 Å². The summed E-state index contributed by atoms with van der Waals surface area (Å²) in [5.74, 6) is 0.112. The number of carbonyl (C=O) groups is 1. The Morgan fingerprint density at radius 3 is 2.68 bits per heavy atom. The number of sulfonamides is 1. The summed E-state index contributed by atoms with van der Waals surface area (Å²) in [5, 5.41) is 3.92. The van der Waals surface area contributed by atoms with E-state index >= 15 is 0 Å². The first-order chi connectivity index (χ1) is 11.4. The largest absolute Gasteiger partial charge is 0.334 e. The van der Waals surface area contributed by atoms with Crippen molar-refractivity contribution in [2.24, 2.45) is 5.73 Å². The monoisotopic (exact) mass is 384 g/mol. The van der Waals surface area contributed by atoms with Gasteiger partial charge in [0.15, 0.2) is 5.82 Å². The average molecular weight is 385 g/mol. The predicted molar refractivity (Wildman–Crippen MR) is 90.6 cm³/mol. The van der Waals surface area contributed by atoms with Gasteiger partial charge in [-0.05, 0) is 44.4 Å². The SMILES string of the molecule is CCN1C(=O)c2ccc(-c3nc(C4(N)CCC4)no3)cc2S1(=O)=O.Cl. The molecular weight excluding hydrogens is 368 g/mol. The first kappa shape index (κ1) is 17.8. The van der Waals surface area contributed by atoms with E-state index in [1.54, 1.807) is 13.0 Å². The summed E-state index contributed by atoms with van der Waals surface area (Å²) in [5.41, 5.74) is 6.23. The zero-order valence-corrected chi connectivity index (χ0v) is 15.1. The number of hydrogen-bond donors (Lipinski definition) is 1. The average Bonchev–Trinajstić information content (AvgIpc) is 3.08. The molecule has 1 amide bonds. The van der Waals surface area contributed by atoms with Gasteiger partial charge in [-0.2, -0.15) is 4.98 Å². The standard InChI is InChI=1S/C15H16N4O4S.ClH/c1-2-19-13(20)10-5-4-9(8-11(10)24(19,21)22)12-17-14(18-23-12)15(16)6-3-7-15;/h4-5,8H,2-3,6-7,16H2,1H3;1H. The Labute approximate surface area is 150 Å². The molecule has 4 rings (SSSR count). The summed E-state index contributed by atoms with van der Waals surface area (Å²) in [4.78, 5) is 16.4. The maximum absolute atomic E-state index is 12.4. The number of benzene rings is 1. The quantitative estimate of drug-likeness (QED) is 0.854. The third kappa shape index (κ3) is 2.45. The molecule has 1 fully saturated rings. The van der Waals surface area contributed by atoms with Gasteiger partial charge in [-0.3, -0.25) is 4.79 Å². The fourth-order valence-corrected chi connectivity index (χ4v) is 4.65. The molecule has 0 bridgehead atoms. The lowest BCUT2D eigenvalue weighted by atomic mass is 9.77. The van der Waals surface area contributed by atoms with Gasteiger partial charge in [-0.1, -0.05) is 5.16 Å². The molecule has 0 spiro atoms. The van der Waals surface area contributed by atoms with Crippen molar-refractivity contribution in [3.05, 3.63) is 29.6 Å². The topological polar surface area (TPSA) is 119 Å². The number of nitrogens with two attached hydrogens (primary N) is 1. The summed E-state index contributed by atoms with van der Waals surface area (Å²) < 4.78 is 31.0. The van der Waals surface area contributed by atoms with Crippen molar-refractivity contribution in [3.63, 3.8) is 0 Å². The Hall–Kier alpha value is -1.97. The molecule has 8 nitrogen and oxygen atoms in total. The summed E-state index contributed by atoms with van der Waals surface area (Å²) in [6.07, 6.45) is 2.61. The van der Waals surface area contributed by atoms with Crippen LogP contribution in [-0.2, 0) is 15.6 Å². The molecular formula is C15H17ClN4O4S. The van der Waals surface area contributed by atoms with Gasteiger partial charge in [0.2, 0.25) is 0 Å². The highest BCUT2D eigenvalue weighted by Gasteiger charge is 2.41. The van der Waals surface area contributed by atoms with Crippen molar-refractivity contribution in [2.45, 2.75) is 36.6 Å².